The lowest BCUT2D eigenvalue weighted by Gasteiger charge is -2.33. The Hall–Kier alpha value is -2.74. The van der Waals surface area contributed by atoms with E-state index < -0.39 is 66.9 Å². The summed E-state index contributed by atoms with van der Waals surface area (Å²) in [5, 5.41) is 10.1. The second kappa shape index (κ2) is 8.93. The van der Waals surface area contributed by atoms with E-state index in [1.165, 1.54) is 0 Å². The monoisotopic (exact) mass is 559 g/mol. The Morgan fingerprint density at radius 3 is 1.81 bits per heavy atom. The molecule has 0 bridgehead atoms. The fourth-order valence-electron chi connectivity index (χ4n) is 4.28. The molecule has 204 valence electrons. The van der Waals surface area contributed by atoms with Gasteiger partial charge in [-0.1, -0.05) is 24.3 Å². The highest BCUT2D eigenvalue weighted by molar-refractivity contribution is 7.92. The third-order valence-electron chi connectivity index (χ3n) is 6.27. The Kier molecular flexibility index (Phi) is 6.96. The van der Waals surface area contributed by atoms with Crippen molar-refractivity contribution in [1.29, 1.82) is 0 Å². The number of alkyl halides is 7. The van der Waals surface area contributed by atoms with Crippen LogP contribution in [-0.2, 0) is 25.0 Å². The van der Waals surface area contributed by atoms with Gasteiger partial charge in [0.2, 0.25) is 0 Å². The van der Waals surface area contributed by atoms with E-state index in [9.17, 15) is 53.4 Å². The molecule has 14 heteroatoms. The minimum Gasteiger partial charge on any atom is -0.381 e. The van der Waals surface area contributed by atoms with Crippen LogP contribution in [0, 0.1) is 5.82 Å². The van der Waals surface area contributed by atoms with Gasteiger partial charge in [0.25, 0.3) is 5.91 Å². The molecule has 0 spiro atoms. The zero-order chi connectivity index (χ0) is 28.2. The van der Waals surface area contributed by atoms with Crippen LogP contribution in [-0.4, -0.2) is 55.4 Å². The number of aliphatic hydroxyl groups is 1. The van der Waals surface area contributed by atoms with Gasteiger partial charge in [-0.2, -0.15) is 26.3 Å². The average molecular weight is 559 g/mol. The van der Waals surface area contributed by atoms with Crippen molar-refractivity contribution in [2.45, 2.75) is 53.5 Å². The summed E-state index contributed by atoms with van der Waals surface area (Å²) in [5.74, 6) is -1.65. The molecule has 1 saturated heterocycles. The van der Waals surface area contributed by atoms with Crippen LogP contribution in [0.15, 0.2) is 53.4 Å². The van der Waals surface area contributed by atoms with Crippen LogP contribution in [0.1, 0.15) is 31.4 Å². The maximum atomic E-state index is 14.5. The van der Waals surface area contributed by atoms with E-state index in [1.54, 1.807) is 0 Å². The maximum absolute atomic E-state index is 14.5. The van der Waals surface area contributed by atoms with Crippen molar-refractivity contribution in [3.63, 3.8) is 0 Å². The minimum atomic E-state index is -6.37. The molecule has 0 radical (unpaired) electrons. The second-order valence-corrected chi connectivity index (χ2v) is 11.5. The fourth-order valence-corrected chi connectivity index (χ4v) is 6.36. The lowest BCUT2D eigenvalue weighted by molar-refractivity contribution is -0.348. The predicted octanol–water partition coefficient (Wildman–Crippen LogP) is 4.79. The van der Waals surface area contributed by atoms with Crippen molar-refractivity contribution < 1.29 is 53.4 Å². The molecule has 1 aliphatic rings. The molecule has 0 aromatic heterocycles. The van der Waals surface area contributed by atoms with E-state index in [0.29, 0.717) is 12.1 Å². The average Bonchev–Trinajstić information content (AvgIpc) is 3.23. The van der Waals surface area contributed by atoms with Gasteiger partial charge in [0.1, 0.15) is 16.2 Å². The number of benzene rings is 2. The van der Waals surface area contributed by atoms with Crippen molar-refractivity contribution in [1.82, 2.24) is 4.90 Å². The first-order chi connectivity index (χ1) is 16.7. The highest BCUT2D eigenvalue weighted by atomic mass is 32.2. The third kappa shape index (κ3) is 4.69. The fraction of sp³-hybridized carbons (Fsp3) is 0.435. The number of likely N-dealkylation sites (tertiary alicyclic amines) is 1. The standard InChI is InChI=1S/C23H21F8NO4S/c1-19(2,34)18(33)32-12-11-20(13-32,37(35,36)17-9-7-16(24)8-10-17)14-3-5-15(6-4-14)21(25,22(26,27)28)23(29,30)31/h3-10,34H,11-13H2,1-2H3. The van der Waals surface area contributed by atoms with Crippen molar-refractivity contribution in [2.75, 3.05) is 13.1 Å². The lowest BCUT2D eigenvalue weighted by atomic mass is 9.90. The minimum absolute atomic E-state index is 0.193. The summed E-state index contributed by atoms with van der Waals surface area (Å²) >= 11 is 0. The molecule has 0 saturated carbocycles. The number of carbonyl (C=O) groups excluding carboxylic acids is 1. The molecule has 37 heavy (non-hydrogen) atoms. The Morgan fingerprint density at radius 2 is 1.38 bits per heavy atom. The van der Waals surface area contributed by atoms with E-state index in [1.807, 2.05) is 0 Å². The van der Waals surface area contributed by atoms with E-state index in [-0.39, 0.29) is 30.7 Å². The Bertz CT molecular complexity index is 1250. The first-order valence-electron chi connectivity index (χ1n) is 10.6. The van der Waals surface area contributed by atoms with Crippen molar-refractivity contribution in [3.8, 4) is 0 Å². The van der Waals surface area contributed by atoms with Gasteiger partial charge in [-0.25, -0.2) is 17.2 Å². The number of hydrogen-bond donors (Lipinski definition) is 1. The molecular formula is C23H21F8NO4S. The van der Waals surface area contributed by atoms with Gasteiger partial charge >= 0.3 is 18.0 Å². The van der Waals surface area contributed by atoms with Crippen LogP contribution < -0.4 is 0 Å². The summed E-state index contributed by atoms with van der Waals surface area (Å²) in [5.41, 5.74) is -9.78. The van der Waals surface area contributed by atoms with Crippen molar-refractivity contribution >= 4 is 15.7 Å². The van der Waals surface area contributed by atoms with Gasteiger partial charge < -0.3 is 10.0 Å². The molecule has 1 unspecified atom stereocenters. The van der Waals surface area contributed by atoms with Crippen LogP contribution >= 0.6 is 0 Å². The molecule has 2 aromatic rings. The summed E-state index contributed by atoms with van der Waals surface area (Å²) in [7, 11) is -4.57. The molecule has 1 amide bonds. The Balaban J connectivity index is 2.19. The van der Waals surface area contributed by atoms with Gasteiger partial charge in [-0.05, 0) is 50.1 Å². The predicted molar refractivity (Wildman–Crippen MR) is 114 cm³/mol. The number of carbonyl (C=O) groups is 1. The van der Waals surface area contributed by atoms with Gasteiger partial charge in [-0.15, -0.1) is 0 Å². The number of nitrogens with zero attached hydrogens (tertiary/aromatic N) is 1. The molecule has 2 aromatic carbocycles. The first kappa shape index (κ1) is 28.8. The Labute approximate surface area is 206 Å². The molecular weight excluding hydrogens is 538 g/mol. The highest BCUT2D eigenvalue weighted by Crippen LogP contribution is 2.53. The number of amides is 1. The highest BCUT2D eigenvalue weighted by Gasteiger charge is 2.73. The van der Waals surface area contributed by atoms with E-state index in [4.69, 9.17) is 0 Å². The zero-order valence-corrected chi connectivity index (χ0v) is 20.1. The van der Waals surface area contributed by atoms with Crippen molar-refractivity contribution in [3.05, 3.63) is 65.5 Å². The molecule has 1 heterocycles. The van der Waals surface area contributed by atoms with Crippen LogP contribution in [0.25, 0.3) is 0 Å². The van der Waals surface area contributed by atoms with Gasteiger partial charge in [0, 0.05) is 18.7 Å². The van der Waals surface area contributed by atoms with Crippen molar-refractivity contribution in [2.24, 2.45) is 0 Å². The van der Waals surface area contributed by atoms with E-state index in [2.05, 4.69) is 0 Å². The molecule has 5 nitrogen and oxygen atoms in total. The first-order valence-corrected chi connectivity index (χ1v) is 12.1. The zero-order valence-electron chi connectivity index (χ0n) is 19.3. The number of rotatable bonds is 5. The maximum Gasteiger partial charge on any atom is 0.435 e. The molecule has 1 N–H and O–H groups in total. The summed E-state index contributed by atoms with van der Waals surface area (Å²) in [6.07, 6.45) is -13.1. The molecule has 0 aliphatic carbocycles. The van der Waals surface area contributed by atoms with Gasteiger partial charge in [0.15, 0.2) is 9.84 Å². The quantitative estimate of drug-likeness (QED) is 0.423. The molecule has 3 rings (SSSR count). The largest absolute Gasteiger partial charge is 0.435 e. The van der Waals surface area contributed by atoms with Gasteiger partial charge in [0.05, 0.1) is 4.90 Å². The SMILES string of the molecule is CC(C)(O)C(=O)N1CCC(c2ccc(C(F)(C(F)(F)F)C(F)(F)F)cc2)(S(=O)(=O)c2ccc(F)cc2)C1. The van der Waals surface area contributed by atoms with Crippen LogP contribution in [0.2, 0.25) is 0 Å². The topological polar surface area (TPSA) is 74.7 Å². The summed E-state index contributed by atoms with van der Waals surface area (Å²) in [6.45, 7) is 1.42. The summed E-state index contributed by atoms with van der Waals surface area (Å²) < 4.78 is 132. The Morgan fingerprint density at radius 1 is 0.892 bits per heavy atom. The normalized spacial score (nSPS) is 19.8. The molecule has 1 aliphatic heterocycles. The third-order valence-corrected chi connectivity index (χ3v) is 8.76. The summed E-state index contributed by atoms with van der Waals surface area (Å²) in [6, 6.07) is 5.14. The smallest absolute Gasteiger partial charge is 0.381 e. The van der Waals surface area contributed by atoms with Crippen LogP contribution in [0.4, 0.5) is 35.1 Å². The number of hydrogen-bond acceptors (Lipinski definition) is 4. The molecule has 1 fully saturated rings. The van der Waals surface area contributed by atoms with E-state index >= 15 is 0 Å². The molecule has 1 atom stereocenters. The second-order valence-electron chi connectivity index (χ2n) is 9.22. The van der Waals surface area contributed by atoms with Crippen LogP contribution in [0.5, 0.6) is 0 Å². The number of halogens is 8. The lowest BCUT2D eigenvalue weighted by Crippen LogP contribution is -2.50. The summed E-state index contributed by atoms with van der Waals surface area (Å²) in [4.78, 5) is 13.2. The van der Waals surface area contributed by atoms with Gasteiger partial charge in [-0.3, -0.25) is 4.79 Å². The number of sulfone groups is 1. The van der Waals surface area contributed by atoms with Crippen LogP contribution in [0.3, 0.4) is 0 Å². The van der Waals surface area contributed by atoms with E-state index in [0.717, 1.165) is 43.0 Å².